The Bertz CT molecular complexity index is 1290. The van der Waals surface area contributed by atoms with E-state index in [1.165, 1.54) is 21.5 Å². The molecule has 4 rings (SSSR count). The highest BCUT2D eigenvalue weighted by Gasteiger charge is 2.12. The highest BCUT2D eigenvalue weighted by atomic mass is 32.1. The summed E-state index contributed by atoms with van der Waals surface area (Å²) >= 11 is 1.34. The number of ether oxygens (including phenoxy) is 1. The van der Waals surface area contributed by atoms with Crippen molar-refractivity contribution in [1.82, 2.24) is 14.6 Å². The van der Waals surface area contributed by atoms with Gasteiger partial charge in [0.05, 0.1) is 4.53 Å². The molecule has 158 valence electrons. The van der Waals surface area contributed by atoms with Gasteiger partial charge in [-0.05, 0) is 61.9 Å². The first kappa shape index (κ1) is 20.8. The summed E-state index contributed by atoms with van der Waals surface area (Å²) in [7, 11) is 0. The number of rotatable bonds is 8. The predicted octanol–water partition coefficient (Wildman–Crippen LogP) is 3.78. The topological polar surface area (TPSA) is 59.7 Å². The van der Waals surface area contributed by atoms with Crippen molar-refractivity contribution in [2.24, 2.45) is 0 Å². The van der Waals surface area contributed by atoms with Crippen molar-refractivity contribution in [2.75, 3.05) is 24.6 Å². The SMILES string of the molecule is C=CCOc1ccc(-c2nc3s/c(=C\c4ccc(N(CC)CC)cc4)c(=O)n3n2)cc1. The van der Waals surface area contributed by atoms with Gasteiger partial charge in [-0.25, -0.2) is 0 Å². The van der Waals surface area contributed by atoms with Gasteiger partial charge in [0, 0.05) is 24.3 Å². The fraction of sp³-hybridized carbons (Fsp3) is 0.208. The number of thiazole rings is 1. The second-order valence-electron chi connectivity index (χ2n) is 6.93. The van der Waals surface area contributed by atoms with E-state index < -0.39 is 0 Å². The Balaban J connectivity index is 1.60. The first-order valence-corrected chi connectivity index (χ1v) is 11.0. The Morgan fingerprint density at radius 3 is 2.42 bits per heavy atom. The van der Waals surface area contributed by atoms with Crippen LogP contribution in [0.25, 0.3) is 22.4 Å². The highest BCUT2D eigenvalue weighted by molar-refractivity contribution is 7.15. The van der Waals surface area contributed by atoms with Crippen molar-refractivity contribution < 1.29 is 4.74 Å². The standard InChI is InChI=1S/C24H24N4O2S/c1-4-15-30-20-13-9-18(10-14-20)22-25-24-28(26-22)23(29)21(31-24)16-17-7-11-19(12-8-17)27(5-2)6-3/h4,7-14,16H,1,5-6,15H2,2-3H3/b21-16-. The van der Waals surface area contributed by atoms with Crippen LogP contribution in [-0.4, -0.2) is 34.3 Å². The molecule has 0 atom stereocenters. The molecule has 0 aliphatic heterocycles. The van der Waals surface area contributed by atoms with E-state index in [-0.39, 0.29) is 5.56 Å². The summed E-state index contributed by atoms with van der Waals surface area (Å²) in [6, 6.07) is 15.7. The third-order valence-corrected chi connectivity index (χ3v) is 5.94. The quantitative estimate of drug-likeness (QED) is 0.397. The van der Waals surface area contributed by atoms with Crippen molar-refractivity contribution in [3.63, 3.8) is 0 Å². The molecule has 0 aliphatic rings. The summed E-state index contributed by atoms with van der Waals surface area (Å²) < 4.78 is 7.48. The van der Waals surface area contributed by atoms with Crippen LogP contribution in [0.3, 0.4) is 0 Å². The van der Waals surface area contributed by atoms with E-state index in [0.717, 1.165) is 30.0 Å². The van der Waals surface area contributed by atoms with Crippen molar-refractivity contribution in [3.8, 4) is 17.1 Å². The maximum absolute atomic E-state index is 12.8. The van der Waals surface area contributed by atoms with Crippen LogP contribution in [0.15, 0.2) is 66.0 Å². The molecule has 0 fully saturated rings. The van der Waals surface area contributed by atoms with E-state index in [0.29, 0.717) is 21.9 Å². The van der Waals surface area contributed by atoms with E-state index >= 15 is 0 Å². The van der Waals surface area contributed by atoms with E-state index in [1.807, 2.05) is 42.5 Å². The molecule has 2 heterocycles. The van der Waals surface area contributed by atoms with Gasteiger partial charge in [-0.3, -0.25) is 4.79 Å². The maximum atomic E-state index is 12.8. The molecular formula is C24H24N4O2S. The zero-order valence-electron chi connectivity index (χ0n) is 17.6. The smallest absolute Gasteiger partial charge is 0.291 e. The zero-order chi connectivity index (χ0) is 21.8. The minimum Gasteiger partial charge on any atom is -0.490 e. The van der Waals surface area contributed by atoms with E-state index in [2.05, 4.69) is 47.5 Å². The number of benzene rings is 2. The number of hydrogen-bond acceptors (Lipinski definition) is 6. The van der Waals surface area contributed by atoms with Gasteiger partial charge < -0.3 is 9.64 Å². The molecule has 0 amide bonds. The summed E-state index contributed by atoms with van der Waals surface area (Å²) in [5, 5.41) is 4.42. The normalized spacial score (nSPS) is 11.7. The second-order valence-corrected chi connectivity index (χ2v) is 7.94. The van der Waals surface area contributed by atoms with Crippen molar-refractivity contribution in [3.05, 3.63) is 81.6 Å². The van der Waals surface area contributed by atoms with Crippen LogP contribution >= 0.6 is 11.3 Å². The summed E-state index contributed by atoms with van der Waals surface area (Å²) in [6.07, 6.45) is 3.59. The number of nitrogens with zero attached hydrogens (tertiary/aromatic N) is 4. The van der Waals surface area contributed by atoms with Gasteiger partial charge in [-0.1, -0.05) is 36.1 Å². The third-order valence-electron chi connectivity index (χ3n) is 4.98. The molecule has 6 nitrogen and oxygen atoms in total. The molecule has 4 aromatic rings. The molecule has 0 unspecified atom stereocenters. The molecule has 7 heteroatoms. The van der Waals surface area contributed by atoms with Crippen molar-refractivity contribution in [2.45, 2.75) is 13.8 Å². The Labute approximate surface area is 184 Å². The molecule has 2 aromatic carbocycles. The molecule has 0 radical (unpaired) electrons. The van der Waals surface area contributed by atoms with Crippen LogP contribution in [0.1, 0.15) is 19.4 Å². The molecule has 0 N–H and O–H groups in total. The van der Waals surface area contributed by atoms with Crippen molar-refractivity contribution in [1.29, 1.82) is 0 Å². The van der Waals surface area contributed by atoms with Crippen LogP contribution in [-0.2, 0) is 0 Å². The summed E-state index contributed by atoms with van der Waals surface area (Å²) in [5.41, 5.74) is 2.84. The van der Waals surface area contributed by atoms with Crippen LogP contribution in [0.4, 0.5) is 5.69 Å². The third kappa shape index (κ3) is 4.36. The summed E-state index contributed by atoms with van der Waals surface area (Å²) in [6.45, 7) is 10.3. The van der Waals surface area contributed by atoms with Gasteiger partial charge in [0.15, 0.2) is 5.82 Å². The number of fused-ring (bicyclic) bond motifs is 1. The molecule has 2 aromatic heterocycles. The van der Waals surface area contributed by atoms with Crippen molar-refractivity contribution >= 4 is 28.1 Å². The lowest BCUT2D eigenvalue weighted by Gasteiger charge is -2.20. The number of anilines is 1. The molecule has 0 spiro atoms. The first-order chi connectivity index (χ1) is 15.1. The van der Waals surface area contributed by atoms with E-state index in [1.54, 1.807) is 6.08 Å². The highest BCUT2D eigenvalue weighted by Crippen LogP contribution is 2.20. The average molecular weight is 433 g/mol. The van der Waals surface area contributed by atoms with E-state index in [9.17, 15) is 4.79 Å². The number of aromatic nitrogens is 3. The lowest BCUT2D eigenvalue weighted by Crippen LogP contribution is -2.23. The van der Waals surface area contributed by atoms with Crippen LogP contribution in [0, 0.1) is 0 Å². The average Bonchev–Trinajstić information content (AvgIpc) is 3.34. The number of hydrogen-bond donors (Lipinski definition) is 0. The molecule has 31 heavy (non-hydrogen) atoms. The van der Waals surface area contributed by atoms with E-state index in [4.69, 9.17) is 4.74 Å². The van der Waals surface area contributed by atoms with Crippen LogP contribution < -0.4 is 19.7 Å². The monoisotopic (exact) mass is 432 g/mol. The van der Waals surface area contributed by atoms with Gasteiger partial charge in [0.25, 0.3) is 5.56 Å². The summed E-state index contributed by atoms with van der Waals surface area (Å²) in [5.74, 6) is 1.27. The molecule has 0 bridgehead atoms. The Morgan fingerprint density at radius 2 is 1.81 bits per heavy atom. The van der Waals surface area contributed by atoms with Crippen LogP contribution in [0.5, 0.6) is 5.75 Å². The summed E-state index contributed by atoms with van der Waals surface area (Å²) in [4.78, 5) is 20.2. The fourth-order valence-electron chi connectivity index (χ4n) is 3.33. The molecule has 0 saturated heterocycles. The zero-order valence-corrected chi connectivity index (χ0v) is 18.4. The first-order valence-electron chi connectivity index (χ1n) is 10.2. The Morgan fingerprint density at radius 1 is 1.10 bits per heavy atom. The van der Waals surface area contributed by atoms with Gasteiger partial charge >= 0.3 is 0 Å². The maximum Gasteiger partial charge on any atom is 0.291 e. The fourth-order valence-corrected chi connectivity index (χ4v) is 4.24. The second kappa shape index (κ2) is 9.14. The Kier molecular flexibility index (Phi) is 6.13. The Hall–Kier alpha value is -3.45. The van der Waals surface area contributed by atoms with Gasteiger partial charge in [-0.15, -0.1) is 5.10 Å². The largest absolute Gasteiger partial charge is 0.490 e. The van der Waals surface area contributed by atoms with Gasteiger partial charge in [0.2, 0.25) is 4.96 Å². The minimum atomic E-state index is -0.155. The molecule has 0 aliphatic carbocycles. The lowest BCUT2D eigenvalue weighted by molar-refractivity contribution is 0.363. The molecular weight excluding hydrogens is 408 g/mol. The van der Waals surface area contributed by atoms with Gasteiger partial charge in [0.1, 0.15) is 12.4 Å². The predicted molar refractivity (Wildman–Crippen MR) is 127 cm³/mol. The minimum absolute atomic E-state index is 0.155. The molecule has 0 saturated carbocycles. The lowest BCUT2D eigenvalue weighted by atomic mass is 10.2. The van der Waals surface area contributed by atoms with Gasteiger partial charge in [-0.2, -0.15) is 9.50 Å². The van der Waals surface area contributed by atoms with Crippen LogP contribution in [0.2, 0.25) is 0 Å².